The zero-order chi connectivity index (χ0) is 16.7. The Balaban J connectivity index is 1.50. The van der Waals surface area contributed by atoms with E-state index in [1.165, 1.54) is 24.8 Å². The molecule has 3 aliphatic rings. The molecule has 2 aliphatic carbocycles. The summed E-state index contributed by atoms with van der Waals surface area (Å²) in [6, 6.07) is 9.09. The fourth-order valence-corrected chi connectivity index (χ4v) is 5.55. The second kappa shape index (κ2) is 6.80. The van der Waals surface area contributed by atoms with E-state index >= 15 is 0 Å². The topological polar surface area (TPSA) is 46.3 Å². The first-order chi connectivity index (χ1) is 11.6. The number of benzene rings is 1. The molecule has 130 valence electrons. The molecule has 0 spiro atoms. The lowest BCUT2D eigenvalue weighted by molar-refractivity contribution is -0.139. The highest BCUT2D eigenvalue weighted by molar-refractivity contribution is 9.10. The van der Waals surface area contributed by atoms with E-state index in [9.17, 15) is 4.79 Å². The number of rotatable bonds is 2. The number of hydrogen-bond donors (Lipinski definition) is 1. The van der Waals surface area contributed by atoms with Crippen LogP contribution in [0.25, 0.3) is 0 Å². The lowest BCUT2D eigenvalue weighted by Crippen LogP contribution is -2.49. The van der Waals surface area contributed by atoms with Crippen LogP contribution in [0.4, 0.5) is 0 Å². The van der Waals surface area contributed by atoms with Gasteiger partial charge in [-0.15, -0.1) is 0 Å². The third kappa shape index (κ3) is 3.03. The van der Waals surface area contributed by atoms with Crippen LogP contribution in [0, 0.1) is 17.8 Å². The van der Waals surface area contributed by atoms with Crippen molar-refractivity contribution < 1.29 is 4.79 Å². The largest absolute Gasteiger partial charge is 0.335 e. The van der Waals surface area contributed by atoms with E-state index in [0.29, 0.717) is 23.8 Å². The molecule has 0 radical (unpaired) electrons. The fourth-order valence-electron chi connectivity index (χ4n) is 5.29. The third-order valence-corrected chi connectivity index (χ3v) is 7.08. The number of carbonyl (C=O) groups is 1. The quantitative estimate of drug-likeness (QED) is 0.819. The first-order valence-electron chi connectivity index (χ1n) is 9.45. The molecular formula is C20H27BrN2O. The zero-order valence-electron chi connectivity index (χ0n) is 14.2. The highest BCUT2D eigenvalue weighted by Gasteiger charge is 2.43. The Morgan fingerprint density at radius 3 is 2.38 bits per heavy atom. The lowest BCUT2D eigenvalue weighted by atomic mass is 9.65. The van der Waals surface area contributed by atoms with Gasteiger partial charge in [0.15, 0.2) is 0 Å². The molecule has 3 nitrogen and oxygen atoms in total. The van der Waals surface area contributed by atoms with Gasteiger partial charge < -0.3 is 10.6 Å². The summed E-state index contributed by atoms with van der Waals surface area (Å²) >= 11 is 3.50. The highest BCUT2D eigenvalue weighted by atomic mass is 79.9. The normalized spacial score (nSPS) is 35.9. The number of amides is 1. The van der Waals surface area contributed by atoms with Crippen molar-refractivity contribution in [3.63, 3.8) is 0 Å². The van der Waals surface area contributed by atoms with Gasteiger partial charge in [0, 0.05) is 23.0 Å². The molecule has 1 amide bonds. The second-order valence-electron chi connectivity index (χ2n) is 7.94. The van der Waals surface area contributed by atoms with E-state index in [4.69, 9.17) is 5.73 Å². The van der Waals surface area contributed by atoms with E-state index in [1.54, 1.807) is 0 Å². The molecule has 2 bridgehead atoms. The average Bonchev–Trinajstić information content (AvgIpc) is 3.04. The zero-order valence-corrected chi connectivity index (χ0v) is 15.7. The van der Waals surface area contributed by atoms with Crippen LogP contribution in [0.5, 0.6) is 0 Å². The minimum absolute atomic E-state index is 0.205. The van der Waals surface area contributed by atoms with Crippen LogP contribution in [0.3, 0.4) is 0 Å². The Kier molecular flexibility index (Phi) is 4.70. The fraction of sp³-hybridized carbons (Fsp3) is 0.650. The van der Waals surface area contributed by atoms with Gasteiger partial charge in [0.1, 0.15) is 0 Å². The van der Waals surface area contributed by atoms with Gasteiger partial charge in [-0.2, -0.15) is 0 Å². The highest BCUT2D eigenvalue weighted by Crippen LogP contribution is 2.44. The SMILES string of the molecule is NC1C2CCCC1CC(C(=O)N1CCCC1c1ccc(Br)cc1)C2. The number of nitrogens with zero attached hydrogens (tertiary/aromatic N) is 1. The van der Waals surface area contributed by atoms with Gasteiger partial charge in [0.25, 0.3) is 0 Å². The van der Waals surface area contributed by atoms with Crippen molar-refractivity contribution in [2.24, 2.45) is 23.5 Å². The summed E-state index contributed by atoms with van der Waals surface area (Å²) in [7, 11) is 0. The standard InChI is InChI=1S/C20H27BrN2O/c21-17-8-6-13(7-9-17)18-5-2-10-23(18)20(24)16-11-14-3-1-4-15(12-16)19(14)22/h6-9,14-16,18-19H,1-5,10-12,22H2. The van der Waals surface area contributed by atoms with Crippen LogP contribution in [0.2, 0.25) is 0 Å². The van der Waals surface area contributed by atoms with Crippen LogP contribution in [0.15, 0.2) is 28.7 Å². The summed E-state index contributed by atoms with van der Waals surface area (Å²) in [4.78, 5) is 15.4. The number of nitrogens with two attached hydrogens (primary N) is 1. The number of fused-ring (bicyclic) bond motifs is 2. The monoisotopic (exact) mass is 390 g/mol. The predicted molar refractivity (Wildman–Crippen MR) is 99.4 cm³/mol. The maximum Gasteiger partial charge on any atom is 0.226 e. The van der Waals surface area contributed by atoms with Crippen LogP contribution in [-0.4, -0.2) is 23.4 Å². The first kappa shape index (κ1) is 16.6. The van der Waals surface area contributed by atoms with Gasteiger partial charge >= 0.3 is 0 Å². The summed E-state index contributed by atoms with van der Waals surface area (Å²) in [6.07, 6.45) is 7.97. The van der Waals surface area contributed by atoms with Crippen LogP contribution < -0.4 is 5.73 Å². The van der Waals surface area contributed by atoms with E-state index in [-0.39, 0.29) is 12.0 Å². The van der Waals surface area contributed by atoms with Crippen molar-refractivity contribution in [2.45, 2.75) is 57.0 Å². The first-order valence-corrected chi connectivity index (χ1v) is 10.2. The number of carbonyl (C=O) groups excluding carboxylic acids is 1. The second-order valence-corrected chi connectivity index (χ2v) is 8.85. The van der Waals surface area contributed by atoms with Crippen molar-refractivity contribution >= 4 is 21.8 Å². The summed E-state index contributed by atoms with van der Waals surface area (Å²) in [6.45, 7) is 0.914. The van der Waals surface area contributed by atoms with Crippen molar-refractivity contribution in [2.75, 3.05) is 6.54 Å². The molecule has 3 unspecified atom stereocenters. The molecule has 1 heterocycles. The smallest absolute Gasteiger partial charge is 0.226 e. The van der Waals surface area contributed by atoms with Gasteiger partial charge in [-0.1, -0.05) is 34.5 Å². The molecule has 2 N–H and O–H groups in total. The predicted octanol–water partition coefficient (Wildman–Crippen LogP) is 4.27. The van der Waals surface area contributed by atoms with Gasteiger partial charge in [-0.05, 0) is 68.1 Å². The number of hydrogen-bond acceptors (Lipinski definition) is 2. The molecule has 1 aliphatic heterocycles. The molecule has 0 aromatic heterocycles. The molecule has 1 saturated heterocycles. The van der Waals surface area contributed by atoms with Gasteiger partial charge in [0.05, 0.1) is 6.04 Å². The third-order valence-electron chi connectivity index (χ3n) is 6.55. The molecule has 1 aromatic rings. The average molecular weight is 391 g/mol. The Bertz CT molecular complexity index is 588. The van der Waals surface area contributed by atoms with Gasteiger partial charge in [-0.25, -0.2) is 0 Å². The summed E-state index contributed by atoms with van der Waals surface area (Å²) in [5, 5.41) is 0. The van der Waals surface area contributed by atoms with Crippen molar-refractivity contribution in [1.29, 1.82) is 0 Å². The minimum Gasteiger partial charge on any atom is -0.335 e. The van der Waals surface area contributed by atoms with E-state index in [0.717, 1.165) is 36.7 Å². The Labute approximate surface area is 153 Å². The number of halogens is 1. The van der Waals surface area contributed by atoms with Crippen molar-refractivity contribution in [3.05, 3.63) is 34.3 Å². The van der Waals surface area contributed by atoms with Crippen LogP contribution >= 0.6 is 15.9 Å². The van der Waals surface area contributed by atoms with Gasteiger partial charge in [0.2, 0.25) is 5.91 Å². The Morgan fingerprint density at radius 1 is 1.04 bits per heavy atom. The molecule has 3 fully saturated rings. The lowest BCUT2D eigenvalue weighted by Gasteiger charge is -2.44. The minimum atomic E-state index is 0.205. The van der Waals surface area contributed by atoms with E-state index in [2.05, 4.69) is 45.1 Å². The van der Waals surface area contributed by atoms with Crippen LogP contribution in [-0.2, 0) is 4.79 Å². The molecule has 2 saturated carbocycles. The van der Waals surface area contributed by atoms with Crippen LogP contribution in [0.1, 0.15) is 56.6 Å². The van der Waals surface area contributed by atoms with E-state index in [1.807, 2.05) is 0 Å². The van der Waals surface area contributed by atoms with E-state index < -0.39 is 0 Å². The van der Waals surface area contributed by atoms with Crippen molar-refractivity contribution in [1.82, 2.24) is 4.90 Å². The molecule has 1 aromatic carbocycles. The molecular weight excluding hydrogens is 364 g/mol. The van der Waals surface area contributed by atoms with Gasteiger partial charge in [-0.3, -0.25) is 4.79 Å². The molecule has 24 heavy (non-hydrogen) atoms. The Morgan fingerprint density at radius 2 is 1.71 bits per heavy atom. The maximum absolute atomic E-state index is 13.3. The summed E-state index contributed by atoms with van der Waals surface area (Å²) in [5.74, 6) is 1.74. The molecule has 3 atom stereocenters. The van der Waals surface area contributed by atoms with Crippen molar-refractivity contribution in [3.8, 4) is 0 Å². The Hall–Kier alpha value is -0.870. The number of likely N-dealkylation sites (tertiary alicyclic amines) is 1. The molecule has 4 rings (SSSR count). The summed E-state index contributed by atoms with van der Waals surface area (Å²) < 4.78 is 1.09. The maximum atomic E-state index is 13.3. The molecule has 4 heteroatoms. The summed E-state index contributed by atoms with van der Waals surface area (Å²) in [5.41, 5.74) is 7.68.